The van der Waals surface area contributed by atoms with Crippen molar-refractivity contribution in [2.24, 2.45) is 16.5 Å². The molecule has 13 heteroatoms. The van der Waals surface area contributed by atoms with E-state index in [2.05, 4.69) is 20.6 Å². The van der Waals surface area contributed by atoms with Gasteiger partial charge in [0.15, 0.2) is 5.96 Å². The Morgan fingerprint density at radius 1 is 1.16 bits per heavy atom. The van der Waals surface area contributed by atoms with Crippen molar-refractivity contribution in [3.05, 3.63) is 10.6 Å². The summed E-state index contributed by atoms with van der Waals surface area (Å²) < 4.78 is 0. The number of rotatable bonds is 8. The number of aliphatic carboxylic acids is 1. The molecule has 0 unspecified atom stereocenters. The van der Waals surface area contributed by atoms with E-state index < -0.39 is 5.97 Å². The van der Waals surface area contributed by atoms with Crippen molar-refractivity contribution in [3.8, 4) is 0 Å². The van der Waals surface area contributed by atoms with Crippen molar-refractivity contribution in [1.29, 1.82) is 0 Å². The summed E-state index contributed by atoms with van der Waals surface area (Å²) in [5, 5.41) is 13.7. The van der Waals surface area contributed by atoms with Crippen molar-refractivity contribution < 1.29 is 19.5 Å². The molecule has 0 aliphatic carbocycles. The van der Waals surface area contributed by atoms with Crippen LogP contribution in [-0.4, -0.2) is 46.9 Å². The van der Waals surface area contributed by atoms with E-state index in [1.165, 1.54) is 0 Å². The highest BCUT2D eigenvalue weighted by atomic mass is 35.5. The molecule has 1 aromatic heterocycles. The lowest BCUT2D eigenvalue weighted by Gasteiger charge is -2.05. The number of guanidine groups is 1. The smallest absolute Gasteiger partial charge is 0.305 e. The molecule has 0 aliphatic rings. The van der Waals surface area contributed by atoms with Gasteiger partial charge in [0, 0.05) is 19.5 Å². The van der Waals surface area contributed by atoms with Gasteiger partial charge in [0.1, 0.15) is 4.88 Å². The molecule has 25 heavy (non-hydrogen) atoms. The molecule has 2 amide bonds. The number of aromatic nitrogens is 1. The summed E-state index contributed by atoms with van der Waals surface area (Å²) in [4.78, 5) is 41.9. The van der Waals surface area contributed by atoms with Gasteiger partial charge >= 0.3 is 5.97 Å². The fourth-order valence-corrected chi connectivity index (χ4v) is 2.39. The number of hydrogen-bond donors (Lipinski definition) is 5. The number of nitrogens with two attached hydrogens (primary N) is 2. The van der Waals surface area contributed by atoms with Gasteiger partial charge in [0.05, 0.1) is 12.1 Å². The van der Waals surface area contributed by atoms with Gasteiger partial charge in [-0.25, -0.2) is 4.98 Å². The van der Waals surface area contributed by atoms with Gasteiger partial charge < -0.3 is 27.2 Å². The third kappa shape index (κ3) is 9.69. The lowest BCUT2D eigenvalue weighted by Crippen LogP contribution is -2.31. The fraction of sp³-hybridized carbons (Fsp3) is 0.417. The zero-order valence-corrected chi connectivity index (χ0v) is 15.7. The second-order valence-electron chi connectivity index (χ2n) is 4.45. The summed E-state index contributed by atoms with van der Waals surface area (Å²) in [5.41, 5.74) is 11.0. The molecule has 0 bridgehead atoms. The molecule has 1 rings (SSSR count). The number of nitrogens with one attached hydrogen (secondary N) is 2. The topological polar surface area (TPSA) is 173 Å². The maximum atomic E-state index is 12.0. The van der Waals surface area contributed by atoms with E-state index in [1.807, 2.05) is 0 Å². The number of carbonyl (C=O) groups is 3. The van der Waals surface area contributed by atoms with Gasteiger partial charge in [-0.2, -0.15) is 4.99 Å². The summed E-state index contributed by atoms with van der Waals surface area (Å²) in [6.07, 6.45) is -0.101. The second kappa shape index (κ2) is 12.3. The molecule has 0 fully saturated rings. The van der Waals surface area contributed by atoms with Crippen LogP contribution < -0.4 is 22.1 Å². The Morgan fingerprint density at radius 3 is 2.32 bits per heavy atom. The Labute approximate surface area is 160 Å². The van der Waals surface area contributed by atoms with Crippen LogP contribution in [-0.2, 0) is 9.59 Å². The zero-order chi connectivity index (χ0) is 17.4. The van der Waals surface area contributed by atoms with Crippen LogP contribution in [0.3, 0.4) is 0 Å². The molecular weight excluding hydrogens is 395 g/mol. The summed E-state index contributed by atoms with van der Waals surface area (Å²) in [5.74, 6) is -1.86. The Kier molecular flexibility index (Phi) is 12.3. The number of amides is 2. The number of carbonyl (C=O) groups excluding carboxylic acids is 2. The van der Waals surface area contributed by atoms with Crippen LogP contribution in [0.25, 0.3) is 0 Å². The molecule has 0 saturated heterocycles. The van der Waals surface area contributed by atoms with E-state index in [0.717, 1.165) is 11.3 Å². The predicted octanol–water partition coefficient (Wildman–Crippen LogP) is -0.0892. The third-order valence-electron chi connectivity index (χ3n) is 2.51. The normalized spacial score (nSPS) is 9.16. The highest BCUT2D eigenvalue weighted by Crippen LogP contribution is 2.24. The third-order valence-corrected chi connectivity index (χ3v) is 3.57. The van der Waals surface area contributed by atoms with E-state index in [9.17, 15) is 14.4 Å². The van der Waals surface area contributed by atoms with Gasteiger partial charge in [0.25, 0.3) is 5.91 Å². The summed E-state index contributed by atoms with van der Waals surface area (Å²) in [6.45, 7) is 1.82. The van der Waals surface area contributed by atoms with E-state index in [4.69, 9.17) is 16.6 Å². The molecule has 0 spiro atoms. The van der Waals surface area contributed by atoms with E-state index in [1.54, 1.807) is 6.92 Å². The number of thiazole rings is 1. The highest BCUT2D eigenvalue weighted by Gasteiger charge is 2.15. The average Bonchev–Trinajstić information content (AvgIpc) is 2.78. The van der Waals surface area contributed by atoms with Gasteiger partial charge in [0.2, 0.25) is 11.0 Å². The predicted molar refractivity (Wildman–Crippen MR) is 99.0 cm³/mol. The first kappa shape index (κ1) is 25.1. The van der Waals surface area contributed by atoms with Crippen LogP contribution in [0.4, 0.5) is 5.13 Å². The summed E-state index contributed by atoms with van der Waals surface area (Å²) in [6, 6.07) is 0. The monoisotopic (exact) mass is 414 g/mol. The molecular formula is C12H20Cl2N6O4S. The second-order valence-corrected chi connectivity index (χ2v) is 5.42. The lowest BCUT2D eigenvalue weighted by atomic mass is 10.3. The fourth-order valence-electron chi connectivity index (χ4n) is 1.52. The van der Waals surface area contributed by atoms with E-state index in [-0.39, 0.29) is 73.7 Å². The number of aryl methyl sites for hydroxylation is 1. The van der Waals surface area contributed by atoms with Crippen molar-refractivity contribution >= 4 is 65.0 Å². The minimum Gasteiger partial charge on any atom is -0.481 e. The molecule has 0 saturated carbocycles. The molecule has 142 valence electrons. The molecule has 1 aromatic rings. The first-order valence-electron chi connectivity index (χ1n) is 6.63. The van der Waals surface area contributed by atoms with Crippen molar-refractivity contribution in [3.63, 3.8) is 0 Å². The summed E-state index contributed by atoms with van der Waals surface area (Å²) >= 11 is 1.04. The van der Waals surface area contributed by atoms with Crippen LogP contribution in [0, 0.1) is 6.92 Å². The number of halogens is 2. The Bertz CT molecular complexity index is 633. The van der Waals surface area contributed by atoms with Crippen LogP contribution in [0.2, 0.25) is 0 Å². The molecule has 0 radical (unpaired) electrons. The van der Waals surface area contributed by atoms with Crippen molar-refractivity contribution in [1.82, 2.24) is 15.6 Å². The van der Waals surface area contributed by atoms with E-state index in [0.29, 0.717) is 10.6 Å². The largest absolute Gasteiger partial charge is 0.481 e. The van der Waals surface area contributed by atoms with Gasteiger partial charge in [-0.1, -0.05) is 11.3 Å². The molecule has 1 heterocycles. The minimum absolute atomic E-state index is 0. The SMILES string of the molecule is Cc1nc(N=C(N)N)sc1C(=O)NCCC(=O)NCCC(=O)O.Cl.Cl. The highest BCUT2D eigenvalue weighted by molar-refractivity contribution is 7.17. The number of nitrogens with zero attached hydrogens (tertiary/aromatic N) is 2. The number of aliphatic imine (C=N–C) groups is 1. The van der Waals surface area contributed by atoms with Crippen molar-refractivity contribution in [2.75, 3.05) is 13.1 Å². The molecule has 0 aliphatic heterocycles. The van der Waals surface area contributed by atoms with Crippen LogP contribution >= 0.6 is 36.2 Å². The Balaban J connectivity index is 0. The van der Waals surface area contributed by atoms with Gasteiger partial charge in [-0.3, -0.25) is 14.4 Å². The van der Waals surface area contributed by atoms with Crippen LogP contribution in [0.1, 0.15) is 28.2 Å². The van der Waals surface area contributed by atoms with E-state index >= 15 is 0 Å². The van der Waals surface area contributed by atoms with Gasteiger partial charge in [-0.05, 0) is 6.92 Å². The number of carboxylic acid groups (broad SMARTS) is 1. The zero-order valence-electron chi connectivity index (χ0n) is 13.3. The molecule has 10 nitrogen and oxygen atoms in total. The van der Waals surface area contributed by atoms with Crippen LogP contribution in [0.5, 0.6) is 0 Å². The molecule has 0 aromatic carbocycles. The first-order valence-corrected chi connectivity index (χ1v) is 7.45. The number of carboxylic acids is 1. The maximum absolute atomic E-state index is 12.0. The lowest BCUT2D eigenvalue weighted by molar-refractivity contribution is -0.136. The maximum Gasteiger partial charge on any atom is 0.305 e. The van der Waals surface area contributed by atoms with Gasteiger partial charge in [-0.15, -0.1) is 24.8 Å². The summed E-state index contributed by atoms with van der Waals surface area (Å²) in [7, 11) is 0. The Hall–Kier alpha value is -2.11. The standard InChI is InChI=1S/C12H18N6O4S.2ClH/c1-6-9(23-12(17-6)18-11(13)14)10(22)16-4-2-7(19)15-5-3-8(20)21;;/h2-5H2,1H3,(H,15,19)(H,16,22)(H,20,21)(H4,13,14,17,18);2*1H. The first-order chi connectivity index (χ1) is 10.8. The van der Waals surface area contributed by atoms with Crippen LogP contribution in [0.15, 0.2) is 4.99 Å². The quantitative estimate of drug-likeness (QED) is 0.291. The minimum atomic E-state index is -0.990. The van der Waals surface area contributed by atoms with Crippen molar-refractivity contribution in [2.45, 2.75) is 19.8 Å². The Morgan fingerprint density at radius 2 is 1.76 bits per heavy atom. The molecule has 0 atom stereocenters. The average molecular weight is 415 g/mol. The molecule has 7 N–H and O–H groups in total. The number of hydrogen-bond acceptors (Lipinski definition) is 6.